The summed E-state index contributed by atoms with van der Waals surface area (Å²) in [4.78, 5) is 11.8. The van der Waals surface area contributed by atoms with Crippen LogP contribution in [0.2, 0.25) is 0 Å². The predicted molar refractivity (Wildman–Crippen MR) is 87.3 cm³/mol. The lowest BCUT2D eigenvalue weighted by Crippen LogP contribution is -2.04. The molecule has 5 heteroatoms. The van der Waals surface area contributed by atoms with E-state index >= 15 is 0 Å². The number of nitrogens with one attached hydrogen (secondary N) is 1. The van der Waals surface area contributed by atoms with Gasteiger partial charge in [0, 0.05) is 12.7 Å². The van der Waals surface area contributed by atoms with E-state index in [1.807, 2.05) is 30.3 Å². The van der Waals surface area contributed by atoms with Crippen LogP contribution in [0.25, 0.3) is 5.69 Å². The molecule has 1 heterocycles. The predicted octanol–water partition coefficient (Wildman–Crippen LogP) is 3.83. The molecule has 1 aromatic heterocycles. The third-order valence-electron chi connectivity index (χ3n) is 3.49. The average Bonchev–Trinajstić information content (AvgIpc) is 3.00. The van der Waals surface area contributed by atoms with Crippen LogP contribution in [0.5, 0.6) is 0 Å². The van der Waals surface area contributed by atoms with Gasteiger partial charge in [0.15, 0.2) is 11.6 Å². The molecular weight excluding hydrogens is 293 g/mol. The van der Waals surface area contributed by atoms with Crippen LogP contribution in [-0.2, 0) is 6.54 Å². The van der Waals surface area contributed by atoms with Crippen molar-refractivity contribution >= 4 is 11.6 Å². The number of rotatable bonds is 5. The number of carbonyl (C=O) groups excluding carboxylic acids is 1. The Hall–Kier alpha value is -2.95. The van der Waals surface area contributed by atoms with Crippen LogP contribution in [-0.4, -0.2) is 15.6 Å². The molecule has 1 N–H and O–H groups in total. The van der Waals surface area contributed by atoms with Crippen molar-refractivity contribution in [3.05, 3.63) is 77.7 Å². The first-order valence-corrected chi connectivity index (χ1v) is 7.28. The molecule has 0 atom stereocenters. The fourth-order valence-electron chi connectivity index (χ4n) is 2.26. The van der Waals surface area contributed by atoms with Crippen molar-refractivity contribution in [1.82, 2.24) is 9.78 Å². The molecule has 0 aliphatic heterocycles. The van der Waals surface area contributed by atoms with Gasteiger partial charge >= 0.3 is 0 Å². The highest BCUT2D eigenvalue weighted by molar-refractivity contribution is 5.98. The van der Waals surface area contributed by atoms with E-state index in [1.54, 1.807) is 23.0 Å². The fourth-order valence-corrected chi connectivity index (χ4v) is 2.26. The van der Waals surface area contributed by atoms with Crippen molar-refractivity contribution in [3.63, 3.8) is 0 Å². The summed E-state index contributed by atoms with van der Waals surface area (Å²) in [5.41, 5.74) is 2.32. The molecule has 3 rings (SSSR count). The van der Waals surface area contributed by atoms with Crippen molar-refractivity contribution < 1.29 is 9.18 Å². The van der Waals surface area contributed by atoms with Gasteiger partial charge in [0.25, 0.3) is 0 Å². The minimum Gasteiger partial charge on any atom is -0.364 e. The second-order valence-corrected chi connectivity index (χ2v) is 5.21. The summed E-state index contributed by atoms with van der Waals surface area (Å²) in [5, 5.41) is 7.59. The smallest absolute Gasteiger partial charge is 0.165 e. The van der Waals surface area contributed by atoms with Crippen LogP contribution < -0.4 is 5.32 Å². The summed E-state index contributed by atoms with van der Waals surface area (Å²) in [6.45, 7) is 1.97. The maximum absolute atomic E-state index is 12.9. The van der Waals surface area contributed by atoms with Crippen molar-refractivity contribution in [1.29, 1.82) is 0 Å². The first-order valence-electron chi connectivity index (χ1n) is 7.28. The van der Waals surface area contributed by atoms with E-state index in [-0.39, 0.29) is 11.6 Å². The van der Waals surface area contributed by atoms with Gasteiger partial charge in [-0.05, 0) is 36.8 Å². The van der Waals surface area contributed by atoms with Gasteiger partial charge in [-0.1, -0.05) is 30.3 Å². The number of aromatic nitrogens is 2. The zero-order valence-corrected chi connectivity index (χ0v) is 12.7. The summed E-state index contributed by atoms with van der Waals surface area (Å²) in [6.07, 6.45) is 1.71. The molecule has 0 aliphatic carbocycles. The van der Waals surface area contributed by atoms with Gasteiger partial charge < -0.3 is 5.32 Å². The molecule has 0 aliphatic rings. The van der Waals surface area contributed by atoms with Gasteiger partial charge in [0.2, 0.25) is 0 Å². The van der Waals surface area contributed by atoms with Crippen molar-refractivity contribution in [2.45, 2.75) is 13.5 Å². The molecule has 0 unspecified atom stereocenters. The van der Waals surface area contributed by atoms with E-state index in [4.69, 9.17) is 0 Å². The van der Waals surface area contributed by atoms with Crippen molar-refractivity contribution in [2.75, 3.05) is 5.32 Å². The summed E-state index contributed by atoms with van der Waals surface area (Å²) in [6, 6.07) is 15.8. The average molecular weight is 309 g/mol. The van der Waals surface area contributed by atoms with Crippen LogP contribution >= 0.6 is 0 Å². The van der Waals surface area contributed by atoms with E-state index in [9.17, 15) is 9.18 Å². The Morgan fingerprint density at radius 1 is 1.13 bits per heavy atom. The molecule has 0 amide bonds. The fraction of sp³-hybridized carbons (Fsp3) is 0.111. The Morgan fingerprint density at radius 3 is 2.48 bits per heavy atom. The molecule has 0 spiro atoms. The molecular formula is C18H16FN3O. The molecule has 2 aromatic carbocycles. The zero-order chi connectivity index (χ0) is 16.2. The van der Waals surface area contributed by atoms with Crippen LogP contribution in [0.15, 0.2) is 60.8 Å². The molecule has 23 heavy (non-hydrogen) atoms. The Balaban J connectivity index is 1.84. The van der Waals surface area contributed by atoms with Crippen LogP contribution in [0.4, 0.5) is 10.2 Å². The number of Topliss-reactive ketones (excluding diaryl/α,β-unsaturated/α-hetero) is 1. The van der Waals surface area contributed by atoms with Crippen LogP contribution in [0.1, 0.15) is 22.8 Å². The molecule has 0 radical (unpaired) electrons. The van der Waals surface area contributed by atoms with Gasteiger partial charge in [-0.25, -0.2) is 9.07 Å². The molecule has 4 nitrogen and oxygen atoms in total. The number of hydrogen-bond donors (Lipinski definition) is 1. The van der Waals surface area contributed by atoms with Gasteiger partial charge in [0.1, 0.15) is 5.82 Å². The number of nitrogens with zero attached hydrogens (tertiary/aromatic N) is 2. The van der Waals surface area contributed by atoms with Crippen molar-refractivity contribution in [3.8, 4) is 5.69 Å². The third-order valence-corrected chi connectivity index (χ3v) is 3.49. The van der Waals surface area contributed by atoms with Crippen LogP contribution in [0, 0.1) is 5.82 Å². The Morgan fingerprint density at radius 2 is 1.83 bits per heavy atom. The largest absolute Gasteiger partial charge is 0.364 e. The SMILES string of the molecule is CC(=O)c1cn(-c2ccccc2)nc1NCc1ccc(F)cc1. The van der Waals surface area contributed by atoms with E-state index in [1.165, 1.54) is 19.1 Å². The highest BCUT2D eigenvalue weighted by Gasteiger charge is 2.13. The number of halogens is 1. The van der Waals surface area contributed by atoms with E-state index in [0.29, 0.717) is 17.9 Å². The van der Waals surface area contributed by atoms with Gasteiger partial charge in [0.05, 0.1) is 11.3 Å². The maximum Gasteiger partial charge on any atom is 0.165 e. The standard InChI is InChI=1S/C18H16FN3O/c1-13(23)17-12-22(16-5-3-2-4-6-16)21-18(17)20-11-14-7-9-15(19)10-8-14/h2-10,12H,11H2,1H3,(H,20,21). The van der Waals surface area contributed by atoms with Gasteiger partial charge in [-0.3, -0.25) is 4.79 Å². The number of para-hydroxylation sites is 1. The number of carbonyl (C=O) groups is 1. The lowest BCUT2D eigenvalue weighted by Gasteiger charge is -2.05. The normalized spacial score (nSPS) is 10.5. The number of hydrogen-bond acceptors (Lipinski definition) is 3. The maximum atomic E-state index is 12.9. The summed E-state index contributed by atoms with van der Waals surface area (Å²) >= 11 is 0. The first kappa shape index (κ1) is 15.0. The minimum atomic E-state index is -0.272. The zero-order valence-electron chi connectivity index (χ0n) is 12.7. The lowest BCUT2D eigenvalue weighted by molar-refractivity contribution is 0.101. The highest BCUT2D eigenvalue weighted by atomic mass is 19.1. The molecule has 116 valence electrons. The molecule has 0 bridgehead atoms. The number of ketones is 1. The van der Waals surface area contributed by atoms with Gasteiger partial charge in [-0.15, -0.1) is 5.10 Å². The van der Waals surface area contributed by atoms with Crippen molar-refractivity contribution in [2.24, 2.45) is 0 Å². The molecule has 0 saturated heterocycles. The number of benzene rings is 2. The van der Waals surface area contributed by atoms with E-state index in [0.717, 1.165) is 11.3 Å². The van der Waals surface area contributed by atoms with E-state index in [2.05, 4.69) is 10.4 Å². The topological polar surface area (TPSA) is 46.9 Å². The quantitative estimate of drug-likeness (QED) is 0.729. The monoisotopic (exact) mass is 309 g/mol. The number of anilines is 1. The Labute approximate surface area is 133 Å². The lowest BCUT2D eigenvalue weighted by atomic mass is 10.2. The minimum absolute atomic E-state index is 0.0613. The Bertz CT molecular complexity index is 810. The van der Waals surface area contributed by atoms with E-state index < -0.39 is 0 Å². The summed E-state index contributed by atoms with van der Waals surface area (Å²) in [7, 11) is 0. The third kappa shape index (κ3) is 3.45. The molecule has 0 saturated carbocycles. The Kier molecular flexibility index (Phi) is 4.19. The summed E-state index contributed by atoms with van der Waals surface area (Å²) in [5.74, 6) is 0.186. The second-order valence-electron chi connectivity index (χ2n) is 5.21. The second kappa shape index (κ2) is 6.44. The highest BCUT2D eigenvalue weighted by Crippen LogP contribution is 2.18. The molecule has 3 aromatic rings. The summed E-state index contributed by atoms with van der Waals surface area (Å²) < 4.78 is 14.6. The first-order chi connectivity index (χ1) is 11.1. The van der Waals surface area contributed by atoms with Crippen LogP contribution in [0.3, 0.4) is 0 Å². The van der Waals surface area contributed by atoms with Gasteiger partial charge in [-0.2, -0.15) is 0 Å². The molecule has 0 fully saturated rings.